The first-order chi connectivity index (χ1) is 14.6. The highest BCUT2D eigenvalue weighted by atomic mass is 16.6. The Labute approximate surface area is 174 Å². The number of ether oxygens (including phenoxy) is 2. The number of hydrogen-bond donors (Lipinski definition) is 2. The molecule has 3 rings (SSSR count). The Morgan fingerprint density at radius 3 is 2.33 bits per heavy atom. The van der Waals surface area contributed by atoms with Crippen LogP contribution in [0.5, 0.6) is 11.5 Å². The maximum Gasteiger partial charge on any atom is 0.353 e. The molecule has 0 aliphatic heterocycles. The normalized spacial score (nSPS) is 10.3. The quantitative estimate of drug-likeness (QED) is 0.271. The van der Waals surface area contributed by atoms with Crippen molar-refractivity contribution in [2.45, 2.75) is 19.8 Å². The lowest BCUT2D eigenvalue weighted by atomic mass is 10.2. The van der Waals surface area contributed by atoms with E-state index in [2.05, 4.69) is 27.5 Å². The number of benzene rings is 2. The first kappa shape index (κ1) is 20.8. The standard InChI is InChI=1S/C21H23N5O4/c1-3-4-12-30-17-10-8-15(9-11-17)24-20-19(26(27)28)21(23-14-22-20)25-16-6-5-7-18(13-16)29-2/h5-11,13-14H,3-4,12H2,1-2H3,(H2,22,23,24,25). The molecule has 0 fully saturated rings. The van der Waals surface area contributed by atoms with E-state index in [0.29, 0.717) is 23.7 Å². The van der Waals surface area contributed by atoms with Gasteiger partial charge in [-0.25, -0.2) is 9.97 Å². The molecule has 3 aromatic rings. The molecule has 0 aliphatic rings. The summed E-state index contributed by atoms with van der Waals surface area (Å²) < 4.78 is 10.8. The number of nitro groups is 1. The second-order valence-electron chi connectivity index (χ2n) is 6.38. The summed E-state index contributed by atoms with van der Waals surface area (Å²) in [4.78, 5) is 19.3. The van der Waals surface area contributed by atoms with Crippen LogP contribution in [-0.4, -0.2) is 28.6 Å². The van der Waals surface area contributed by atoms with Crippen molar-refractivity contribution < 1.29 is 14.4 Å². The van der Waals surface area contributed by atoms with Gasteiger partial charge in [0.25, 0.3) is 0 Å². The Hall–Kier alpha value is -3.88. The lowest BCUT2D eigenvalue weighted by molar-refractivity contribution is -0.383. The molecule has 9 nitrogen and oxygen atoms in total. The van der Waals surface area contributed by atoms with E-state index >= 15 is 0 Å². The summed E-state index contributed by atoms with van der Waals surface area (Å²) in [5, 5.41) is 17.7. The van der Waals surface area contributed by atoms with Gasteiger partial charge in [0.05, 0.1) is 18.6 Å². The Kier molecular flexibility index (Phi) is 6.99. The summed E-state index contributed by atoms with van der Waals surface area (Å²) in [5.74, 6) is 1.52. The second kappa shape index (κ2) is 10.1. The molecule has 9 heteroatoms. The zero-order chi connectivity index (χ0) is 21.3. The largest absolute Gasteiger partial charge is 0.497 e. The number of hydrogen-bond acceptors (Lipinski definition) is 8. The predicted molar refractivity (Wildman–Crippen MR) is 115 cm³/mol. The van der Waals surface area contributed by atoms with Crippen molar-refractivity contribution in [3.05, 3.63) is 65.0 Å². The number of aromatic nitrogens is 2. The molecule has 0 saturated heterocycles. The summed E-state index contributed by atoms with van der Waals surface area (Å²) in [5.41, 5.74) is 0.992. The molecule has 0 amide bonds. The summed E-state index contributed by atoms with van der Waals surface area (Å²) in [6.45, 7) is 2.75. The van der Waals surface area contributed by atoms with Crippen molar-refractivity contribution in [1.29, 1.82) is 0 Å². The van der Waals surface area contributed by atoms with Gasteiger partial charge in [-0.1, -0.05) is 19.4 Å². The van der Waals surface area contributed by atoms with Crippen molar-refractivity contribution in [2.75, 3.05) is 24.4 Å². The first-order valence-corrected chi connectivity index (χ1v) is 9.51. The number of anilines is 4. The van der Waals surface area contributed by atoms with Gasteiger partial charge in [0.1, 0.15) is 17.8 Å². The van der Waals surface area contributed by atoms with Crippen LogP contribution in [0.15, 0.2) is 54.9 Å². The lowest BCUT2D eigenvalue weighted by Crippen LogP contribution is -2.05. The third-order valence-corrected chi connectivity index (χ3v) is 4.22. The second-order valence-corrected chi connectivity index (χ2v) is 6.38. The van der Waals surface area contributed by atoms with Crippen molar-refractivity contribution in [3.63, 3.8) is 0 Å². The van der Waals surface area contributed by atoms with E-state index in [1.165, 1.54) is 6.33 Å². The van der Waals surface area contributed by atoms with Gasteiger partial charge < -0.3 is 20.1 Å². The van der Waals surface area contributed by atoms with Crippen LogP contribution < -0.4 is 20.1 Å². The van der Waals surface area contributed by atoms with Crippen LogP contribution in [0.2, 0.25) is 0 Å². The van der Waals surface area contributed by atoms with Gasteiger partial charge >= 0.3 is 5.69 Å². The monoisotopic (exact) mass is 409 g/mol. The highest BCUT2D eigenvalue weighted by Crippen LogP contribution is 2.33. The molecular weight excluding hydrogens is 386 g/mol. The van der Waals surface area contributed by atoms with E-state index in [9.17, 15) is 10.1 Å². The smallest absolute Gasteiger partial charge is 0.353 e. The summed E-state index contributed by atoms with van der Waals surface area (Å²) in [7, 11) is 1.55. The minimum atomic E-state index is -0.521. The first-order valence-electron chi connectivity index (χ1n) is 9.51. The molecule has 0 aliphatic carbocycles. The van der Waals surface area contributed by atoms with Gasteiger partial charge in [-0.05, 0) is 42.8 Å². The lowest BCUT2D eigenvalue weighted by Gasteiger charge is -2.11. The van der Waals surface area contributed by atoms with Gasteiger partial charge in [0, 0.05) is 17.4 Å². The van der Waals surface area contributed by atoms with Gasteiger partial charge in [-0.2, -0.15) is 0 Å². The van der Waals surface area contributed by atoms with E-state index in [1.807, 2.05) is 0 Å². The van der Waals surface area contributed by atoms with Crippen LogP contribution in [-0.2, 0) is 0 Å². The molecule has 0 atom stereocenters. The summed E-state index contributed by atoms with van der Waals surface area (Å²) in [6, 6.07) is 14.2. The topological polar surface area (TPSA) is 111 Å². The average molecular weight is 409 g/mol. The van der Waals surface area contributed by atoms with E-state index in [1.54, 1.807) is 55.6 Å². The van der Waals surface area contributed by atoms with Crippen LogP contribution in [0, 0.1) is 10.1 Å². The predicted octanol–water partition coefficient (Wildman–Crippen LogP) is 5.06. The van der Waals surface area contributed by atoms with E-state index in [-0.39, 0.29) is 17.3 Å². The minimum absolute atomic E-state index is 0.0743. The fourth-order valence-electron chi connectivity index (χ4n) is 2.68. The molecule has 156 valence electrons. The highest BCUT2D eigenvalue weighted by molar-refractivity contribution is 5.77. The molecule has 30 heavy (non-hydrogen) atoms. The Morgan fingerprint density at radius 2 is 1.70 bits per heavy atom. The summed E-state index contributed by atoms with van der Waals surface area (Å²) >= 11 is 0. The molecule has 1 aromatic heterocycles. The fraction of sp³-hybridized carbons (Fsp3) is 0.238. The summed E-state index contributed by atoms with van der Waals surface area (Å²) in [6.07, 6.45) is 3.30. The Morgan fingerprint density at radius 1 is 1.00 bits per heavy atom. The zero-order valence-corrected chi connectivity index (χ0v) is 16.8. The zero-order valence-electron chi connectivity index (χ0n) is 16.8. The molecule has 0 saturated carbocycles. The third-order valence-electron chi connectivity index (χ3n) is 4.22. The van der Waals surface area contributed by atoms with Crippen molar-refractivity contribution in [3.8, 4) is 11.5 Å². The van der Waals surface area contributed by atoms with Gasteiger partial charge in [0.15, 0.2) is 0 Å². The molecule has 1 heterocycles. The molecule has 2 aromatic carbocycles. The van der Waals surface area contributed by atoms with Crippen molar-refractivity contribution in [2.24, 2.45) is 0 Å². The number of nitrogens with zero attached hydrogens (tertiary/aromatic N) is 3. The average Bonchev–Trinajstić information content (AvgIpc) is 2.75. The maximum absolute atomic E-state index is 11.7. The molecule has 2 N–H and O–H groups in total. The number of methoxy groups -OCH3 is 1. The molecule has 0 radical (unpaired) electrons. The molecular formula is C21H23N5O4. The van der Waals surface area contributed by atoms with Gasteiger partial charge in [-0.15, -0.1) is 0 Å². The molecule has 0 bridgehead atoms. The van der Waals surface area contributed by atoms with Gasteiger partial charge in [0.2, 0.25) is 11.6 Å². The van der Waals surface area contributed by atoms with Crippen molar-refractivity contribution >= 4 is 28.7 Å². The van der Waals surface area contributed by atoms with Crippen molar-refractivity contribution in [1.82, 2.24) is 9.97 Å². The van der Waals surface area contributed by atoms with Crippen LogP contribution >= 0.6 is 0 Å². The SMILES string of the molecule is CCCCOc1ccc(Nc2ncnc(Nc3cccc(OC)c3)c2[N+](=O)[O-])cc1. The van der Waals surface area contributed by atoms with E-state index in [0.717, 1.165) is 18.6 Å². The Bertz CT molecular complexity index is 995. The number of unbranched alkanes of at least 4 members (excludes halogenated alkanes) is 1. The van der Waals surface area contributed by atoms with Crippen LogP contribution in [0.1, 0.15) is 19.8 Å². The fourth-order valence-corrected chi connectivity index (χ4v) is 2.68. The maximum atomic E-state index is 11.7. The molecule has 0 unspecified atom stereocenters. The Balaban J connectivity index is 1.81. The van der Waals surface area contributed by atoms with Gasteiger partial charge in [-0.3, -0.25) is 10.1 Å². The number of nitrogens with one attached hydrogen (secondary N) is 2. The number of rotatable bonds is 10. The third kappa shape index (κ3) is 5.34. The minimum Gasteiger partial charge on any atom is -0.497 e. The highest BCUT2D eigenvalue weighted by Gasteiger charge is 2.23. The van der Waals surface area contributed by atoms with Crippen LogP contribution in [0.25, 0.3) is 0 Å². The van der Waals surface area contributed by atoms with E-state index in [4.69, 9.17) is 9.47 Å². The van der Waals surface area contributed by atoms with Crippen LogP contribution in [0.4, 0.5) is 28.7 Å². The molecule has 0 spiro atoms. The van der Waals surface area contributed by atoms with Crippen LogP contribution in [0.3, 0.4) is 0 Å². The van der Waals surface area contributed by atoms with E-state index < -0.39 is 4.92 Å².